The number of H-pyrrole nitrogens is 3. The van der Waals surface area contributed by atoms with Gasteiger partial charge in [0, 0.05) is 123 Å². The van der Waals surface area contributed by atoms with E-state index in [0.717, 1.165) is 16.7 Å². The zero-order chi connectivity index (χ0) is 67.7. The number of aromatic nitrogens is 13. The number of rotatable bonds is 3. The number of ether oxygens (including phenoxy) is 1. The summed E-state index contributed by atoms with van der Waals surface area (Å²) in [7, 11) is 3.22. The van der Waals surface area contributed by atoms with Crippen LogP contribution in [0.25, 0.3) is 21.8 Å². The summed E-state index contributed by atoms with van der Waals surface area (Å²) in [5.41, 5.74) is 9.40. The zero-order valence-corrected chi connectivity index (χ0v) is 53.2. The number of nitrogen functional groups attached to an aromatic ring is 1. The van der Waals surface area contributed by atoms with Gasteiger partial charge in [0.1, 0.15) is 22.6 Å². The number of benzene rings is 3. The molecule has 0 atom stereocenters. The lowest BCUT2D eigenvalue weighted by atomic mass is 10.2. The van der Waals surface area contributed by atoms with E-state index in [9.17, 15) is 18.8 Å². The molecule has 14 aromatic rings. The number of hydrogen-bond acceptors (Lipinski definition) is 15. The second-order valence-corrected chi connectivity index (χ2v) is 18.3. The van der Waals surface area contributed by atoms with E-state index < -0.39 is 5.95 Å². The molecule has 2 amide bonds. The standard InChI is InChI=1S/C8H9NO.C8H7N.C7H8N2O.C7H6N2.C6H7NO.C6H7N.C5H4ClN.C5H4FN.2C5H6N2.C5H5NO.C5H5N/c1-9-8(10)7-5-3-2-4-6-7;1-2-4-8-7(3-1)5-6-9-8;1-6(10)9-7-4-2-3-5-8-7;1-2-4-7-6(3-1)5-8-9-7;1-8-6-4-2-3-5-7-6;1-6-3-2-4-7-5-6;2*6-5-3-1-2-4-7-5;1-5-6-3-2-4-7-5;6-5-3-1-2-4-7-5;7-5-3-1-2-4-6-5;1-2-4-6-5-3-1/h2-6H,1H3,(H,9,10);1-6,9H;2-5H,1H3,(H,8,9,10);1-5H,(H,8,9);2-5H,1H3;2-5H,1H3;2*1-4H;2-4H,1H3;1-4H,(H2,6,7);1-4H,(H,6,7);1-5H. The van der Waals surface area contributed by atoms with Gasteiger partial charge in [0.2, 0.25) is 23.3 Å². The van der Waals surface area contributed by atoms with Crippen molar-refractivity contribution in [2.24, 2.45) is 0 Å². The van der Waals surface area contributed by atoms with Crippen LogP contribution in [0.2, 0.25) is 5.15 Å². The zero-order valence-electron chi connectivity index (χ0n) is 52.5. The normalized spacial score (nSPS) is 8.97. The van der Waals surface area contributed by atoms with Crippen LogP contribution < -0.4 is 26.7 Å². The maximum absolute atomic E-state index is 11.8. The largest absolute Gasteiger partial charge is 0.481 e. The monoisotopic (exact) mass is 1280 g/mol. The number of anilines is 2. The number of carbonyl (C=O) groups is 2. The third-order valence-electron chi connectivity index (χ3n) is 10.6. The van der Waals surface area contributed by atoms with Gasteiger partial charge in [0.25, 0.3) is 5.91 Å². The number of carbonyl (C=O) groups excluding carboxylic acids is 2. The van der Waals surface area contributed by atoms with Gasteiger partial charge in [-0.05, 0) is 140 Å². The summed E-state index contributed by atoms with van der Waals surface area (Å²) in [6.07, 6.45) is 24.0. The molecule has 0 fully saturated rings. The van der Waals surface area contributed by atoms with Gasteiger partial charge in [0.15, 0.2) is 0 Å². The number of nitrogens with one attached hydrogen (secondary N) is 5. The Morgan fingerprint density at radius 1 is 0.500 bits per heavy atom. The van der Waals surface area contributed by atoms with Crippen molar-refractivity contribution >= 4 is 56.9 Å². The molecule has 0 aliphatic heterocycles. The summed E-state index contributed by atoms with van der Waals surface area (Å²) in [5.74, 6) is 2.08. The van der Waals surface area contributed by atoms with Crippen LogP contribution >= 0.6 is 11.6 Å². The Morgan fingerprint density at radius 2 is 1.06 bits per heavy atom. The molecule has 480 valence electrons. The average Bonchev–Trinajstić information content (AvgIpc) is 4.52. The molecule has 3 aromatic carbocycles. The molecule has 0 spiro atoms. The maximum Gasteiger partial charge on any atom is 0.251 e. The summed E-state index contributed by atoms with van der Waals surface area (Å²) < 4.78 is 16.6. The molecule has 0 saturated carbocycles. The first kappa shape index (κ1) is 75.8. The molecule has 11 heterocycles. The van der Waals surface area contributed by atoms with Gasteiger partial charge in [0.05, 0.1) is 18.8 Å². The van der Waals surface area contributed by atoms with Gasteiger partial charge in [-0.3, -0.25) is 29.5 Å². The minimum absolute atomic E-state index is 0.0411. The number of aromatic amines is 3. The summed E-state index contributed by atoms with van der Waals surface area (Å²) in [4.78, 5) is 71.2. The van der Waals surface area contributed by atoms with Crippen LogP contribution in [-0.4, -0.2) is 91.0 Å². The average molecular weight is 1280 g/mol. The lowest BCUT2D eigenvalue weighted by Gasteiger charge is -1.96. The fraction of sp³-hybridized carbons (Fsp3) is 0.0694. The predicted molar refractivity (Wildman–Crippen MR) is 373 cm³/mol. The quantitative estimate of drug-likeness (QED) is 0.0897. The molecule has 0 aliphatic rings. The smallest absolute Gasteiger partial charge is 0.251 e. The fourth-order valence-electron chi connectivity index (χ4n) is 6.27. The summed E-state index contributed by atoms with van der Waals surface area (Å²) in [6.45, 7) is 5.34. The van der Waals surface area contributed by atoms with Gasteiger partial charge < -0.3 is 31.1 Å². The predicted octanol–water partition coefficient (Wildman–Crippen LogP) is 14.2. The highest BCUT2D eigenvalue weighted by molar-refractivity contribution is 6.29. The van der Waals surface area contributed by atoms with Gasteiger partial charge >= 0.3 is 0 Å². The lowest BCUT2D eigenvalue weighted by Crippen LogP contribution is -2.17. The maximum atomic E-state index is 11.8. The third-order valence-corrected chi connectivity index (χ3v) is 10.8. The van der Waals surface area contributed by atoms with Crippen molar-refractivity contribution in [2.75, 3.05) is 25.2 Å². The van der Waals surface area contributed by atoms with Gasteiger partial charge in [-0.2, -0.15) is 9.49 Å². The first-order valence-corrected chi connectivity index (χ1v) is 28.9. The first-order chi connectivity index (χ1) is 45.9. The molecule has 22 heteroatoms. The number of amides is 2. The molecule has 0 aliphatic carbocycles. The van der Waals surface area contributed by atoms with E-state index in [1.807, 2.05) is 160 Å². The Morgan fingerprint density at radius 3 is 1.45 bits per heavy atom. The molecular formula is C72H74ClFN16O4. The van der Waals surface area contributed by atoms with Crippen LogP contribution in [0.1, 0.15) is 28.7 Å². The second-order valence-electron chi connectivity index (χ2n) is 17.9. The van der Waals surface area contributed by atoms with Crippen LogP contribution in [0.4, 0.5) is 16.0 Å². The SMILES string of the molecule is CC(=O)Nc1ccccn1.CNC(=O)c1ccccc1.COc1ccccn1.Cc1cccnc1.Cc1ncccn1.Clc1ccccn1.Fc1ccccn1.Nc1ccccn1.O=c1cccc[nH]1.c1ccc2[nH]ccc2c1.c1ccc2[nH]ncc2c1.c1ccncc1. The number of hydrogen-bond donors (Lipinski definition) is 6. The highest BCUT2D eigenvalue weighted by atomic mass is 35.5. The van der Waals surface area contributed by atoms with Crippen molar-refractivity contribution in [1.29, 1.82) is 0 Å². The molecule has 20 nitrogen and oxygen atoms in total. The first-order valence-electron chi connectivity index (χ1n) is 28.6. The van der Waals surface area contributed by atoms with E-state index in [4.69, 9.17) is 22.1 Å². The minimum Gasteiger partial charge on any atom is -0.481 e. The van der Waals surface area contributed by atoms with Gasteiger partial charge in [-0.1, -0.05) is 115 Å². The van der Waals surface area contributed by atoms with E-state index in [0.29, 0.717) is 28.2 Å². The molecule has 0 saturated heterocycles. The number of nitrogens with two attached hydrogens (primary N) is 1. The Kier molecular flexibility index (Phi) is 40.6. The third kappa shape index (κ3) is 39.4. The van der Waals surface area contributed by atoms with Crippen LogP contribution in [0.3, 0.4) is 0 Å². The van der Waals surface area contributed by atoms with Crippen LogP contribution in [-0.2, 0) is 4.79 Å². The molecule has 94 heavy (non-hydrogen) atoms. The highest BCUT2D eigenvalue weighted by Gasteiger charge is 1.98. The summed E-state index contributed by atoms with van der Waals surface area (Å²) in [5, 5.41) is 14.8. The van der Waals surface area contributed by atoms with E-state index in [2.05, 4.69) is 93.9 Å². The Bertz CT molecular complexity index is 3720. The Hall–Kier alpha value is -12.5. The Labute approximate surface area is 550 Å². The van der Waals surface area contributed by atoms with E-state index in [1.165, 1.54) is 41.7 Å². The van der Waals surface area contributed by atoms with E-state index in [-0.39, 0.29) is 17.4 Å². The topological polar surface area (TPSA) is 287 Å². The molecule has 0 radical (unpaired) electrons. The number of fused-ring (bicyclic) bond motifs is 2. The molecule has 11 aromatic heterocycles. The van der Waals surface area contributed by atoms with Crippen molar-refractivity contribution in [3.8, 4) is 5.88 Å². The fourth-order valence-corrected chi connectivity index (χ4v) is 6.40. The summed E-state index contributed by atoms with van der Waals surface area (Å²) in [6, 6.07) is 70.1. The summed E-state index contributed by atoms with van der Waals surface area (Å²) >= 11 is 5.43. The number of pyridine rings is 8. The Balaban J connectivity index is 0.000000268. The van der Waals surface area contributed by atoms with Gasteiger partial charge in [-0.15, -0.1) is 0 Å². The number of halogens is 2. The minimum atomic E-state index is -0.428. The molecular weight excluding hydrogens is 1210 g/mol. The number of aryl methyl sites for hydroxylation is 2. The number of nitrogens with zero attached hydrogens (tertiary/aromatic N) is 10. The molecule has 14 rings (SSSR count). The lowest BCUT2D eigenvalue weighted by molar-refractivity contribution is -0.114. The van der Waals surface area contributed by atoms with Gasteiger partial charge in [-0.25, -0.2) is 34.9 Å². The molecule has 0 unspecified atom stereocenters. The van der Waals surface area contributed by atoms with Crippen molar-refractivity contribution in [2.45, 2.75) is 20.8 Å². The van der Waals surface area contributed by atoms with E-state index >= 15 is 0 Å². The number of para-hydroxylation sites is 2. The highest BCUT2D eigenvalue weighted by Crippen LogP contribution is 2.10. The van der Waals surface area contributed by atoms with Crippen LogP contribution in [0, 0.1) is 19.8 Å². The molecule has 7 N–H and O–H groups in total. The van der Waals surface area contributed by atoms with Crippen molar-refractivity contribution in [3.05, 3.63) is 356 Å². The van der Waals surface area contributed by atoms with Crippen LogP contribution in [0.5, 0.6) is 5.88 Å². The molecule has 0 bridgehead atoms. The number of methoxy groups -OCH3 is 1. The van der Waals surface area contributed by atoms with Crippen molar-refractivity contribution in [1.82, 2.24) is 70.3 Å². The van der Waals surface area contributed by atoms with E-state index in [1.54, 1.807) is 149 Å². The van der Waals surface area contributed by atoms with Crippen molar-refractivity contribution < 1.29 is 18.7 Å². The van der Waals surface area contributed by atoms with Crippen molar-refractivity contribution in [3.63, 3.8) is 0 Å². The van der Waals surface area contributed by atoms with Crippen LogP contribution in [0.15, 0.2) is 322 Å². The second kappa shape index (κ2) is 50.4.